The lowest BCUT2D eigenvalue weighted by molar-refractivity contribution is -0.139. The van der Waals surface area contributed by atoms with Crippen LogP contribution in [0, 0.1) is 17.3 Å². The van der Waals surface area contributed by atoms with E-state index in [1.807, 2.05) is 17.0 Å². The summed E-state index contributed by atoms with van der Waals surface area (Å²) in [6, 6.07) is 8.51. The first kappa shape index (κ1) is 27.8. The summed E-state index contributed by atoms with van der Waals surface area (Å²) in [7, 11) is 4.25. The van der Waals surface area contributed by atoms with E-state index in [2.05, 4.69) is 49.9 Å². The number of hydrogen-bond acceptors (Lipinski definition) is 4. The van der Waals surface area contributed by atoms with Crippen molar-refractivity contribution in [3.63, 3.8) is 0 Å². The molecule has 2 aliphatic heterocycles. The Hall–Kier alpha value is -1.79. The van der Waals surface area contributed by atoms with Gasteiger partial charge in [0.05, 0.1) is 5.54 Å². The van der Waals surface area contributed by atoms with E-state index in [-0.39, 0.29) is 28.9 Å². The molecule has 38 heavy (non-hydrogen) atoms. The summed E-state index contributed by atoms with van der Waals surface area (Å²) in [4.78, 5) is 33.3. The van der Waals surface area contributed by atoms with Crippen LogP contribution < -0.4 is 0 Å². The van der Waals surface area contributed by atoms with E-state index in [0.29, 0.717) is 24.5 Å². The molecule has 0 spiro atoms. The van der Waals surface area contributed by atoms with E-state index in [9.17, 15) is 9.59 Å². The van der Waals surface area contributed by atoms with Gasteiger partial charge >= 0.3 is 6.09 Å². The predicted molar refractivity (Wildman–Crippen MR) is 151 cm³/mol. The highest BCUT2D eigenvalue weighted by atomic mass is 35.5. The molecule has 2 aliphatic carbocycles. The Balaban J connectivity index is 1.33. The second-order valence-electron chi connectivity index (χ2n) is 13.3. The maximum Gasteiger partial charge on any atom is 0.410 e. The molecule has 0 aromatic heterocycles. The quantitative estimate of drug-likeness (QED) is 0.429. The zero-order valence-electron chi connectivity index (χ0n) is 23.8. The molecule has 2 saturated carbocycles. The number of likely N-dealkylation sites (tertiary alicyclic amines) is 1. The molecule has 2 saturated heterocycles. The van der Waals surface area contributed by atoms with Gasteiger partial charge in [-0.25, -0.2) is 4.79 Å². The lowest BCUT2D eigenvalue weighted by atomic mass is 9.63. The van der Waals surface area contributed by atoms with Crippen molar-refractivity contribution in [2.75, 3.05) is 40.3 Å². The number of nitrogens with zero attached hydrogens (tertiary/aromatic N) is 3. The van der Waals surface area contributed by atoms with E-state index < -0.39 is 0 Å². The molecular weight excluding hydrogens is 498 g/mol. The average molecular weight is 544 g/mol. The first-order valence-electron chi connectivity index (χ1n) is 14.7. The minimum Gasteiger partial charge on any atom is -0.447 e. The van der Waals surface area contributed by atoms with E-state index in [1.165, 1.54) is 37.7 Å². The van der Waals surface area contributed by atoms with Gasteiger partial charge in [0.25, 0.3) is 0 Å². The summed E-state index contributed by atoms with van der Waals surface area (Å²) in [5, 5.41) is 0.735. The molecular formula is C31H46ClN3O3. The van der Waals surface area contributed by atoms with Gasteiger partial charge in [-0.3, -0.25) is 9.69 Å². The standard InChI is InChI=1S/C31H46ClN3O3/c1-30(2)21-38-29(37)35(30)20-31(23-8-6-5-7-9-23)14-16-34(17-15-31)28(36)27-19-25(33(3)4)18-26(27)22-10-12-24(32)13-11-22/h10-13,23,25-27H,5-9,14-21H2,1-4H3/t25-,26+,27?/m1/s1. The Bertz CT molecular complexity index is 996. The van der Waals surface area contributed by atoms with Crippen LogP contribution in [0.25, 0.3) is 0 Å². The third-order valence-electron chi connectivity index (χ3n) is 10.4. The normalized spacial score (nSPS) is 29.6. The summed E-state index contributed by atoms with van der Waals surface area (Å²) in [6.45, 7) is 7.01. The largest absolute Gasteiger partial charge is 0.447 e. The molecule has 7 heteroatoms. The van der Waals surface area contributed by atoms with E-state index >= 15 is 0 Å². The SMILES string of the molecule is CN(C)[C@H]1CC(C(=O)N2CCC(CN3C(=O)OCC3(C)C)(C3CCCCC3)CC2)[C@H](c2ccc(Cl)cc2)C1. The molecule has 0 bridgehead atoms. The Morgan fingerprint density at radius 1 is 1.05 bits per heavy atom. The summed E-state index contributed by atoms with van der Waals surface area (Å²) in [5.74, 6) is 1.15. The minimum absolute atomic E-state index is 0.00162. The Morgan fingerprint density at radius 2 is 1.71 bits per heavy atom. The van der Waals surface area contributed by atoms with Crippen molar-refractivity contribution >= 4 is 23.6 Å². The number of cyclic esters (lactones) is 1. The maximum absolute atomic E-state index is 14.1. The third kappa shape index (κ3) is 5.45. The predicted octanol–water partition coefficient (Wildman–Crippen LogP) is 6.18. The summed E-state index contributed by atoms with van der Waals surface area (Å²) in [5.41, 5.74) is 1.01. The lowest BCUT2D eigenvalue weighted by Crippen LogP contribution is -2.55. The molecule has 1 aromatic rings. The van der Waals surface area contributed by atoms with Gasteiger partial charge in [0.1, 0.15) is 6.61 Å². The van der Waals surface area contributed by atoms with Gasteiger partial charge < -0.3 is 14.5 Å². The zero-order valence-corrected chi connectivity index (χ0v) is 24.5. The van der Waals surface area contributed by atoms with E-state index in [0.717, 1.165) is 50.3 Å². The second kappa shape index (κ2) is 11.0. The smallest absolute Gasteiger partial charge is 0.410 e. The second-order valence-corrected chi connectivity index (χ2v) is 13.8. The van der Waals surface area contributed by atoms with E-state index in [1.54, 1.807) is 0 Å². The molecule has 4 aliphatic rings. The average Bonchev–Trinajstić information content (AvgIpc) is 3.47. The molecule has 4 fully saturated rings. The number of carbonyl (C=O) groups excluding carboxylic acids is 2. The number of halogens is 1. The molecule has 0 N–H and O–H groups in total. The maximum atomic E-state index is 14.1. The number of ether oxygens (including phenoxy) is 1. The van der Waals surface area contributed by atoms with Crippen molar-refractivity contribution in [3.8, 4) is 0 Å². The first-order valence-corrected chi connectivity index (χ1v) is 15.1. The van der Waals surface area contributed by atoms with Crippen molar-refractivity contribution in [1.29, 1.82) is 0 Å². The van der Waals surface area contributed by atoms with Crippen LogP contribution in [0.15, 0.2) is 24.3 Å². The van der Waals surface area contributed by atoms with Gasteiger partial charge in [-0.05, 0) is 101 Å². The van der Waals surface area contributed by atoms with Crippen LogP contribution in [0.2, 0.25) is 5.02 Å². The highest BCUT2D eigenvalue weighted by molar-refractivity contribution is 6.30. The number of piperidine rings is 1. The van der Waals surface area contributed by atoms with Crippen molar-refractivity contribution < 1.29 is 14.3 Å². The third-order valence-corrected chi connectivity index (χ3v) is 10.7. The van der Waals surface area contributed by atoms with Crippen LogP contribution in [-0.4, -0.2) is 78.6 Å². The Morgan fingerprint density at radius 3 is 2.29 bits per heavy atom. The number of carbonyl (C=O) groups is 2. The molecule has 1 unspecified atom stereocenters. The summed E-state index contributed by atoms with van der Waals surface area (Å²) >= 11 is 6.18. The molecule has 2 amide bonds. The van der Waals surface area contributed by atoms with Crippen LogP contribution >= 0.6 is 11.6 Å². The van der Waals surface area contributed by atoms with Crippen LogP contribution in [0.1, 0.15) is 83.1 Å². The van der Waals surface area contributed by atoms with Gasteiger partial charge in [0.2, 0.25) is 5.91 Å². The lowest BCUT2D eigenvalue weighted by Gasteiger charge is -2.51. The summed E-state index contributed by atoms with van der Waals surface area (Å²) < 4.78 is 5.48. The topological polar surface area (TPSA) is 53.1 Å². The van der Waals surface area contributed by atoms with Gasteiger partial charge in [-0.1, -0.05) is 43.0 Å². The van der Waals surface area contributed by atoms with Crippen molar-refractivity contribution in [2.45, 2.75) is 89.1 Å². The summed E-state index contributed by atoms with van der Waals surface area (Å²) in [6.07, 6.45) is 10.0. The fourth-order valence-electron chi connectivity index (χ4n) is 7.84. The van der Waals surface area contributed by atoms with Gasteiger partial charge in [-0.2, -0.15) is 0 Å². The van der Waals surface area contributed by atoms with Gasteiger partial charge in [-0.15, -0.1) is 0 Å². The molecule has 6 nitrogen and oxygen atoms in total. The minimum atomic E-state index is -0.275. The number of benzene rings is 1. The highest BCUT2D eigenvalue weighted by Gasteiger charge is 2.50. The van der Waals surface area contributed by atoms with Crippen molar-refractivity contribution in [2.24, 2.45) is 17.3 Å². The number of rotatable bonds is 6. The van der Waals surface area contributed by atoms with E-state index in [4.69, 9.17) is 16.3 Å². The van der Waals surface area contributed by atoms with Gasteiger partial charge in [0, 0.05) is 36.6 Å². The first-order chi connectivity index (χ1) is 18.1. The molecule has 2 heterocycles. The van der Waals surface area contributed by atoms with Crippen LogP contribution in [0.5, 0.6) is 0 Å². The van der Waals surface area contributed by atoms with Crippen LogP contribution in [0.4, 0.5) is 4.79 Å². The number of amides is 2. The molecule has 5 rings (SSSR count). The molecule has 0 radical (unpaired) electrons. The Labute approximate surface area is 234 Å². The molecule has 1 aromatic carbocycles. The van der Waals surface area contributed by atoms with Crippen molar-refractivity contribution in [1.82, 2.24) is 14.7 Å². The fourth-order valence-corrected chi connectivity index (χ4v) is 7.96. The van der Waals surface area contributed by atoms with Crippen molar-refractivity contribution in [3.05, 3.63) is 34.9 Å². The zero-order chi connectivity index (χ0) is 27.1. The van der Waals surface area contributed by atoms with Gasteiger partial charge in [0.15, 0.2) is 0 Å². The fraction of sp³-hybridized carbons (Fsp3) is 0.742. The van der Waals surface area contributed by atoms with Crippen LogP contribution in [-0.2, 0) is 9.53 Å². The molecule has 3 atom stereocenters. The molecule has 210 valence electrons. The number of hydrogen-bond donors (Lipinski definition) is 0. The van der Waals surface area contributed by atoms with Crippen LogP contribution in [0.3, 0.4) is 0 Å². The monoisotopic (exact) mass is 543 g/mol. The highest BCUT2D eigenvalue weighted by Crippen LogP contribution is 2.49. The Kier molecular flexibility index (Phi) is 8.04.